The minimum absolute atomic E-state index is 0.0123. The van der Waals surface area contributed by atoms with E-state index in [1.807, 2.05) is 33.7 Å². The fraction of sp³-hybridized carbons (Fsp3) is 0.333. The molecule has 3 aromatic rings. The van der Waals surface area contributed by atoms with Gasteiger partial charge >= 0.3 is 5.69 Å². The van der Waals surface area contributed by atoms with E-state index in [4.69, 9.17) is 9.47 Å². The van der Waals surface area contributed by atoms with Gasteiger partial charge in [-0.2, -0.15) is 0 Å². The summed E-state index contributed by atoms with van der Waals surface area (Å²) in [5.41, 5.74) is 2.29. The number of nitrogens with zero attached hydrogens (tertiary/aromatic N) is 2. The molecule has 7 heteroatoms. The SMILES string of the molecule is O=C(c1ccc2c(c1)OCCO2)N1CCC(n2c(=O)[nH]c3ccccc32)CC1. The highest BCUT2D eigenvalue weighted by molar-refractivity contribution is 5.95. The maximum absolute atomic E-state index is 12.9. The van der Waals surface area contributed by atoms with Crippen LogP contribution in [0.1, 0.15) is 29.2 Å². The molecule has 3 heterocycles. The first-order chi connectivity index (χ1) is 13.7. The molecule has 0 spiro atoms. The van der Waals surface area contributed by atoms with E-state index < -0.39 is 0 Å². The van der Waals surface area contributed by atoms with Gasteiger partial charge in [-0.3, -0.25) is 9.36 Å². The third kappa shape index (κ3) is 2.83. The number of carbonyl (C=O) groups is 1. The highest BCUT2D eigenvalue weighted by Crippen LogP contribution is 2.32. The largest absolute Gasteiger partial charge is 0.486 e. The first kappa shape index (κ1) is 16.9. The number of nitrogens with one attached hydrogen (secondary N) is 1. The van der Waals surface area contributed by atoms with Crippen molar-refractivity contribution in [3.05, 3.63) is 58.5 Å². The van der Waals surface area contributed by atoms with Crippen molar-refractivity contribution in [2.75, 3.05) is 26.3 Å². The van der Waals surface area contributed by atoms with Crippen LogP contribution in [0.4, 0.5) is 0 Å². The predicted molar refractivity (Wildman–Crippen MR) is 104 cm³/mol. The number of fused-ring (bicyclic) bond motifs is 2. The molecule has 2 aromatic carbocycles. The molecule has 1 amide bonds. The number of amides is 1. The number of carbonyl (C=O) groups excluding carboxylic acids is 1. The van der Waals surface area contributed by atoms with E-state index in [0.29, 0.717) is 43.4 Å². The van der Waals surface area contributed by atoms with Crippen LogP contribution in [0.2, 0.25) is 0 Å². The molecule has 0 bridgehead atoms. The molecule has 0 aliphatic carbocycles. The van der Waals surface area contributed by atoms with Crippen molar-refractivity contribution in [1.82, 2.24) is 14.5 Å². The highest BCUT2D eigenvalue weighted by Gasteiger charge is 2.27. The monoisotopic (exact) mass is 379 g/mol. The number of hydrogen-bond donors (Lipinski definition) is 1. The van der Waals surface area contributed by atoms with Gasteiger partial charge in [-0.1, -0.05) is 12.1 Å². The van der Waals surface area contributed by atoms with Gasteiger partial charge in [0.25, 0.3) is 5.91 Å². The Kier molecular flexibility index (Phi) is 4.07. The van der Waals surface area contributed by atoms with Crippen LogP contribution in [0.3, 0.4) is 0 Å². The summed E-state index contributed by atoms with van der Waals surface area (Å²) in [6.07, 6.45) is 1.50. The van der Waals surface area contributed by atoms with Gasteiger partial charge in [0.15, 0.2) is 11.5 Å². The molecule has 1 saturated heterocycles. The summed E-state index contributed by atoms with van der Waals surface area (Å²) >= 11 is 0. The van der Waals surface area contributed by atoms with Crippen molar-refractivity contribution in [2.24, 2.45) is 0 Å². The predicted octanol–water partition coefficient (Wildman–Crippen LogP) is 2.58. The molecular weight excluding hydrogens is 358 g/mol. The zero-order valence-corrected chi connectivity index (χ0v) is 15.4. The minimum atomic E-state index is -0.0854. The Balaban J connectivity index is 1.32. The molecular formula is C21H21N3O4. The van der Waals surface area contributed by atoms with E-state index in [1.165, 1.54) is 0 Å². The van der Waals surface area contributed by atoms with E-state index in [9.17, 15) is 9.59 Å². The summed E-state index contributed by atoms with van der Waals surface area (Å²) in [5, 5.41) is 0. The molecule has 0 atom stereocenters. The molecule has 2 aliphatic rings. The zero-order valence-electron chi connectivity index (χ0n) is 15.4. The van der Waals surface area contributed by atoms with Crippen LogP contribution in [0.15, 0.2) is 47.3 Å². The standard InChI is InChI=1S/C21H21N3O4/c25-20(14-5-6-18-19(13-14)28-12-11-27-18)23-9-7-15(8-10-23)24-17-4-2-1-3-16(17)22-21(24)26/h1-6,13,15H,7-12H2,(H,22,26). The molecule has 5 rings (SSSR count). The molecule has 0 unspecified atom stereocenters. The summed E-state index contributed by atoms with van der Waals surface area (Å²) in [4.78, 5) is 30.1. The van der Waals surface area contributed by atoms with E-state index in [-0.39, 0.29) is 17.6 Å². The van der Waals surface area contributed by atoms with Crippen LogP contribution < -0.4 is 15.2 Å². The topological polar surface area (TPSA) is 76.6 Å². The number of benzene rings is 2. The number of aromatic nitrogens is 2. The molecule has 2 aliphatic heterocycles. The number of ether oxygens (including phenoxy) is 2. The maximum atomic E-state index is 12.9. The highest BCUT2D eigenvalue weighted by atomic mass is 16.6. The first-order valence-corrected chi connectivity index (χ1v) is 9.59. The fourth-order valence-electron chi connectivity index (χ4n) is 4.12. The number of H-pyrrole nitrogens is 1. The molecule has 1 aromatic heterocycles. The molecule has 7 nitrogen and oxygen atoms in total. The number of hydrogen-bond acceptors (Lipinski definition) is 4. The van der Waals surface area contributed by atoms with E-state index in [1.54, 1.807) is 18.2 Å². The summed E-state index contributed by atoms with van der Waals surface area (Å²) in [7, 11) is 0. The van der Waals surface area contributed by atoms with Gasteiger partial charge in [0.1, 0.15) is 13.2 Å². The summed E-state index contributed by atoms with van der Waals surface area (Å²) in [5.74, 6) is 1.29. The van der Waals surface area contributed by atoms with Gasteiger partial charge in [-0.05, 0) is 43.2 Å². The third-order valence-corrected chi connectivity index (χ3v) is 5.53. The van der Waals surface area contributed by atoms with Crippen molar-refractivity contribution in [1.29, 1.82) is 0 Å². The quantitative estimate of drug-likeness (QED) is 0.743. The number of likely N-dealkylation sites (tertiary alicyclic amines) is 1. The van der Waals surface area contributed by atoms with Gasteiger partial charge in [-0.15, -0.1) is 0 Å². The number of aromatic amines is 1. The first-order valence-electron chi connectivity index (χ1n) is 9.59. The Morgan fingerprint density at radius 3 is 2.57 bits per heavy atom. The second-order valence-corrected chi connectivity index (χ2v) is 7.20. The average Bonchev–Trinajstić information content (AvgIpc) is 3.08. The second kappa shape index (κ2) is 6.74. The Morgan fingerprint density at radius 1 is 1.00 bits per heavy atom. The summed E-state index contributed by atoms with van der Waals surface area (Å²) < 4.78 is 12.9. The molecule has 1 N–H and O–H groups in total. The molecule has 0 saturated carbocycles. The van der Waals surface area contributed by atoms with Gasteiger partial charge < -0.3 is 19.4 Å². The summed E-state index contributed by atoms with van der Waals surface area (Å²) in [6, 6.07) is 13.1. The van der Waals surface area contributed by atoms with Crippen molar-refractivity contribution in [3.8, 4) is 11.5 Å². The average molecular weight is 379 g/mol. The number of imidazole rings is 1. The Morgan fingerprint density at radius 2 is 1.75 bits per heavy atom. The molecule has 0 radical (unpaired) electrons. The lowest BCUT2D eigenvalue weighted by Crippen LogP contribution is -2.40. The van der Waals surface area contributed by atoms with Crippen molar-refractivity contribution >= 4 is 16.9 Å². The van der Waals surface area contributed by atoms with Crippen LogP contribution in [-0.2, 0) is 0 Å². The van der Waals surface area contributed by atoms with Crippen LogP contribution in [-0.4, -0.2) is 46.7 Å². The lowest BCUT2D eigenvalue weighted by atomic mass is 10.0. The van der Waals surface area contributed by atoms with E-state index in [0.717, 1.165) is 23.9 Å². The molecule has 28 heavy (non-hydrogen) atoms. The lowest BCUT2D eigenvalue weighted by Gasteiger charge is -2.32. The Labute approximate surface area is 161 Å². The van der Waals surface area contributed by atoms with Crippen LogP contribution in [0, 0.1) is 0 Å². The van der Waals surface area contributed by atoms with Gasteiger partial charge in [0.05, 0.1) is 11.0 Å². The van der Waals surface area contributed by atoms with Gasteiger partial charge in [0, 0.05) is 24.7 Å². The second-order valence-electron chi connectivity index (χ2n) is 7.20. The van der Waals surface area contributed by atoms with E-state index >= 15 is 0 Å². The normalized spacial score (nSPS) is 17.1. The zero-order chi connectivity index (χ0) is 19.1. The summed E-state index contributed by atoms with van der Waals surface area (Å²) in [6.45, 7) is 2.25. The molecule has 1 fully saturated rings. The number of para-hydroxylation sites is 2. The Hall–Kier alpha value is -3.22. The van der Waals surface area contributed by atoms with Crippen LogP contribution in [0.25, 0.3) is 11.0 Å². The third-order valence-electron chi connectivity index (χ3n) is 5.53. The smallest absolute Gasteiger partial charge is 0.326 e. The van der Waals surface area contributed by atoms with Crippen molar-refractivity contribution < 1.29 is 14.3 Å². The fourth-order valence-corrected chi connectivity index (χ4v) is 4.12. The van der Waals surface area contributed by atoms with Gasteiger partial charge in [0.2, 0.25) is 0 Å². The van der Waals surface area contributed by atoms with Crippen molar-refractivity contribution in [2.45, 2.75) is 18.9 Å². The Bertz CT molecular complexity index is 1090. The number of piperidine rings is 1. The maximum Gasteiger partial charge on any atom is 0.326 e. The van der Waals surface area contributed by atoms with Crippen LogP contribution >= 0.6 is 0 Å². The van der Waals surface area contributed by atoms with E-state index in [2.05, 4.69) is 4.98 Å². The lowest BCUT2D eigenvalue weighted by molar-refractivity contribution is 0.0694. The van der Waals surface area contributed by atoms with Crippen molar-refractivity contribution in [3.63, 3.8) is 0 Å². The number of rotatable bonds is 2. The minimum Gasteiger partial charge on any atom is -0.486 e. The molecule has 144 valence electrons. The van der Waals surface area contributed by atoms with Gasteiger partial charge in [-0.25, -0.2) is 4.79 Å². The van der Waals surface area contributed by atoms with Crippen LogP contribution in [0.5, 0.6) is 11.5 Å².